The van der Waals surface area contributed by atoms with Crippen molar-refractivity contribution in [2.45, 2.75) is 12.5 Å². The number of nitrogens with zero attached hydrogens (tertiary/aromatic N) is 3. The number of carbonyl (C=O) groups is 1. The van der Waals surface area contributed by atoms with Crippen LogP contribution in [0, 0.1) is 0 Å². The van der Waals surface area contributed by atoms with Gasteiger partial charge in [0.05, 0.1) is 17.1 Å². The van der Waals surface area contributed by atoms with E-state index in [1.807, 2.05) is 35.9 Å². The van der Waals surface area contributed by atoms with Crippen LogP contribution in [0.4, 0.5) is 5.95 Å². The predicted molar refractivity (Wildman–Crippen MR) is 119 cm³/mol. The Bertz CT molecular complexity index is 1250. The van der Waals surface area contributed by atoms with E-state index in [0.29, 0.717) is 36.8 Å². The summed E-state index contributed by atoms with van der Waals surface area (Å²) in [5, 5.41) is 6.02. The van der Waals surface area contributed by atoms with Crippen LogP contribution in [0.2, 0.25) is 0 Å². The van der Waals surface area contributed by atoms with Gasteiger partial charge in [-0.2, -0.15) is 0 Å². The van der Waals surface area contributed by atoms with Gasteiger partial charge in [-0.05, 0) is 24.3 Å². The Balaban J connectivity index is 1.34. The maximum atomic E-state index is 11.8. The van der Waals surface area contributed by atoms with Gasteiger partial charge in [0.25, 0.3) is 5.91 Å². The van der Waals surface area contributed by atoms with Crippen molar-refractivity contribution < 1.29 is 19.0 Å². The highest BCUT2D eigenvalue weighted by atomic mass is 16.6. The molecule has 1 aliphatic carbocycles. The highest BCUT2D eigenvalue weighted by molar-refractivity contribution is 5.92. The van der Waals surface area contributed by atoms with Gasteiger partial charge in [0, 0.05) is 38.8 Å². The van der Waals surface area contributed by atoms with Crippen LogP contribution in [-0.4, -0.2) is 46.7 Å². The number of pyridine rings is 1. The maximum absolute atomic E-state index is 11.8. The molecule has 9 nitrogen and oxygen atoms in total. The van der Waals surface area contributed by atoms with Crippen LogP contribution in [0.15, 0.2) is 60.2 Å². The second kappa shape index (κ2) is 8.26. The number of allylic oxidation sites excluding steroid dienone is 1. The van der Waals surface area contributed by atoms with Crippen molar-refractivity contribution in [3.8, 4) is 11.5 Å². The third-order valence-corrected chi connectivity index (χ3v) is 5.37. The van der Waals surface area contributed by atoms with Gasteiger partial charge in [0.2, 0.25) is 5.95 Å². The van der Waals surface area contributed by atoms with Gasteiger partial charge < -0.3 is 29.4 Å². The monoisotopic (exact) mass is 433 g/mol. The average Bonchev–Trinajstić information content (AvgIpc) is 3.13. The Labute approximate surface area is 184 Å². The van der Waals surface area contributed by atoms with Gasteiger partial charge >= 0.3 is 0 Å². The number of imidazole rings is 1. The first kappa shape index (κ1) is 19.9. The highest BCUT2D eigenvalue weighted by Gasteiger charge is 2.23. The molecule has 2 N–H and O–H groups in total. The van der Waals surface area contributed by atoms with E-state index in [-0.39, 0.29) is 11.9 Å². The fourth-order valence-corrected chi connectivity index (χ4v) is 3.74. The molecule has 0 fully saturated rings. The first-order valence-electron chi connectivity index (χ1n) is 10.4. The molecular weight excluding hydrogens is 410 g/mol. The van der Waals surface area contributed by atoms with Crippen LogP contribution in [0.1, 0.15) is 16.9 Å². The fraction of sp³-hybridized carbons (Fsp3) is 0.261. The SMILES string of the molecule is CNC(=O)c1cc(Oc2ccc3c(c2)nc(NC2C=CC4=C(C2)OCCO4)n3C)ccn1. The molecule has 1 amide bonds. The molecule has 32 heavy (non-hydrogen) atoms. The summed E-state index contributed by atoms with van der Waals surface area (Å²) < 4.78 is 19.3. The molecule has 2 aromatic heterocycles. The number of hydrogen-bond donors (Lipinski definition) is 2. The smallest absolute Gasteiger partial charge is 0.269 e. The third-order valence-electron chi connectivity index (χ3n) is 5.37. The number of benzene rings is 1. The van der Waals surface area contributed by atoms with Crippen LogP contribution in [-0.2, 0) is 16.5 Å². The number of rotatable bonds is 5. The van der Waals surface area contributed by atoms with Crippen LogP contribution in [0.25, 0.3) is 11.0 Å². The number of ether oxygens (including phenoxy) is 3. The molecule has 5 rings (SSSR count). The summed E-state index contributed by atoms with van der Waals surface area (Å²) in [6.45, 7) is 1.17. The first-order valence-corrected chi connectivity index (χ1v) is 10.4. The van der Waals surface area contributed by atoms with E-state index in [1.165, 1.54) is 0 Å². The minimum atomic E-state index is -0.267. The zero-order chi connectivity index (χ0) is 22.1. The fourth-order valence-electron chi connectivity index (χ4n) is 3.74. The summed E-state index contributed by atoms with van der Waals surface area (Å²) in [4.78, 5) is 20.6. The lowest BCUT2D eigenvalue weighted by Gasteiger charge is -2.27. The number of carbonyl (C=O) groups excluding carboxylic acids is 1. The molecule has 1 unspecified atom stereocenters. The normalized spacial score (nSPS) is 17.4. The molecule has 0 saturated heterocycles. The van der Waals surface area contributed by atoms with Crippen LogP contribution in [0.3, 0.4) is 0 Å². The van der Waals surface area contributed by atoms with Crippen LogP contribution in [0.5, 0.6) is 11.5 Å². The lowest BCUT2D eigenvalue weighted by Crippen LogP contribution is -2.26. The number of nitrogens with one attached hydrogen (secondary N) is 2. The molecule has 0 saturated carbocycles. The van der Waals surface area contributed by atoms with Crippen LogP contribution >= 0.6 is 0 Å². The molecule has 0 spiro atoms. The summed E-state index contributed by atoms with van der Waals surface area (Å²) in [7, 11) is 3.53. The Morgan fingerprint density at radius 3 is 2.91 bits per heavy atom. The van der Waals surface area contributed by atoms with Gasteiger partial charge in [0.1, 0.15) is 36.2 Å². The van der Waals surface area contributed by atoms with Crippen molar-refractivity contribution in [2.24, 2.45) is 7.05 Å². The highest BCUT2D eigenvalue weighted by Crippen LogP contribution is 2.29. The van der Waals surface area contributed by atoms with Crippen molar-refractivity contribution in [2.75, 3.05) is 25.6 Å². The van der Waals surface area contributed by atoms with E-state index in [0.717, 1.165) is 28.5 Å². The molecule has 2 aliphatic rings. The van der Waals surface area contributed by atoms with E-state index in [4.69, 9.17) is 19.2 Å². The van der Waals surface area contributed by atoms with Crippen molar-refractivity contribution in [3.63, 3.8) is 0 Å². The molecule has 1 atom stereocenters. The molecule has 1 aromatic carbocycles. The Kier molecular flexibility index (Phi) is 5.14. The summed E-state index contributed by atoms with van der Waals surface area (Å²) in [6.07, 6.45) is 6.26. The van der Waals surface area contributed by atoms with E-state index in [2.05, 4.69) is 21.7 Å². The van der Waals surface area contributed by atoms with Gasteiger partial charge in [-0.1, -0.05) is 6.08 Å². The summed E-state index contributed by atoms with van der Waals surface area (Å²) >= 11 is 0. The topological polar surface area (TPSA) is 99.5 Å². The summed E-state index contributed by atoms with van der Waals surface area (Å²) in [5.74, 6) is 3.32. The third kappa shape index (κ3) is 3.84. The largest absolute Gasteiger partial charge is 0.490 e. The van der Waals surface area contributed by atoms with Crippen molar-refractivity contribution in [1.29, 1.82) is 0 Å². The van der Waals surface area contributed by atoms with E-state index >= 15 is 0 Å². The molecule has 3 aromatic rings. The summed E-state index contributed by atoms with van der Waals surface area (Å²) in [6, 6.07) is 9.07. The van der Waals surface area contributed by atoms with E-state index in [9.17, 15) is 4.79 Å². The lowest BCUT2D eigenvalue weighted by atomic mass is 10.1. The number of fused-ring (bicyclic) bond motifs is 1. The van der Waals surface area contributed by atoms with E-state index in [1.54, 1.807) is 25.4 Å². The quantitative estimate of drug-likeness (QED) is 0.638. The molecule has 0 bridgehead atoms. The van der Waals surface area contributed by atoms with Crippen molar-refractivity contribution in [1.82, 2.24) is 19.9 Å². The number of aryl methyl sites for hydroxylation is 1. The second-order valence-corrected chi connectivity index (χ2v) is 7.50. The zero-order valence-electron chi connectivity index (χ0n) is 17.8. The molecule has 9 heteroatoms. The maximum Gasteiger partial charge on any atom is 0.269 e. The average molecular weight is 433 g/mol. The van der Waals surface area contributed by atoms with Crippen LogP contribution < -0.4 is 15.4 Å². The predicted octanol–water partition coefficient (Wildman–Crippen LogP) is 3.12. The Morgan fingerprint density at radius 1 is 1.19 bits per heavy atom. The molecule has 1 aliphatic heterocycles. The van der Waals surface area contributed by atoms with Crippen molar-refractivity contribution >= 4 is 22.9 Å². The first-order chi connectivity index (χ1) is 15.6. The molecule has 164 valence electrons. The van der Waals surface area contributed by atoms with E-state index < -0.39 is 0 Å². The lowest BCUT2D eigenvalue weighted by molar-refractivity contribution is 0.0623. The molecule has 0 radical (unpaired) electrons. The second-order valence-electron chi connectivity index (χ2n) is 7.50. The Morgan fingerprint density at radius 2 is 2.03 bits per heavy atom. The number of amides is 1. The van der Waals surface area contributed by atoms with Gasteiger partial charge in [0.15, 0.2) is 5.76 Å². The minimum Gasteiger partial charge on any atom is -0.490 e. The van der Waals surface area contributed by atoms with Gasteiger partial charge in [-0.3, -0.25) is 9.78 Å². The molecule has 3 heterocycles. The standard InChI is InChI=1S/C23H23N5O4/c1-24-22(29)18-13-16(7-8-25-18)32-15-4-5-19-17(12-15)27-23(28(19)2)26-14-3-6-20-21(11-14)31-10-9-30-20/h3-8,12-14H,9-11H2,1-2H3,(H,24,29)(H,26,27). The number of hydrogen-bond acceptors (Lipinski definition) is 7. The van der Waals surface area contributed by atoms with Gasteiger partial charge in [-0.25, -0.2) is 4.98 Å². The Hall–Kier alpha value is -4.01. The van der Waals surface area contributed by atoms with Gasteiger partial charge in [-0.15, -0.1) is 0 Å². The number of anilines is 1. The van der Waals surface area contributed by atoms with Crippen molar-refractivity contribution in [3.05, 3.63) is 65.9 Å². The zero-order valence-corrected chi connectivity index (χ0v) is 17.8. The number of aromatic nitrogens is 3. The summed E-state index contributed by atoms with van der Waals surface area (Å²) in [5.41, 5.74) is 2.06. The molecular formula is C23H23N5O4. The minimum absolute atomic E-state index is 0.0571.